The summed E-state index contributed by atoms with van der Waals surface area (Å²) in [7, 11) is 6.22. The van der Waals surface area contributed by atoms with E-state index in [1.807, 2.05) is 25.4 Å². The number of nitrogens with zero attached hydrogens (tertiary/aromatic N) is 3. The Morgan fingerprint density at radius 3 is 2.67 bits per heavy atom. The van der Waals surface area contributed by atoms with Crippen molar-refractivity contribution in [2.24, 2.45) is 10.9 Å². The summed E-state index contributed by atoms with van der Waals surface area (Å²) >= 11 is 0. The molecule has 2 rings (SSSR count). The number of nitrogens with one attached hydrogen (secondary N) is 2. The third kappa shape index (κ3) is 6.11. The minimum Gasteiger partial charge on any atom is -0.356 e. The molecule has 0 amide bonds. The quantitative estimate of drug-likeness (QED) is 0.595. The maximum absolute atomic E-state index is 4.35. The number of hydrogen-bond donors (Lipinski definition) is 2. The molecule has 5 heteroatoms. The lowest BCUT2D eigenvalue weighted by Crippen LogP contribution is -2.48. The van der Waals surface area contributed by atoms with Gasteiger partial charge in [-0.1, -0.05) is 25.3 Å². The summed E-state index contributed by atoms with van der Waals surface area (Å²) in [6, 6.07) is 6.61. The first-order valence-electron chi connectivity index (χ1n) is 9.21. The van der Waals surface area contributed by atoms with E-state index in [1.54, 1.807) is 0 Å². The number of hydrogen-bond acceptors (Lipinski definition) is 3. The average molecular weight is 332 g/mol. The van der Waals surface area contributed by atoms with Gasteiger partial charge in [-0.25, -0.2) is 0 Å². The molecule has 1 saturated carbocycles. The summed E-state index contributed by atoms with van der Waals surface area (Å²) in [5.41, 5.74) is 1.11. The Hall–Kier alpha value is -1.62. The highest BCUT2D eigenvalue weighted by Crippen LogP contribution is 2.27. The molecule has 1 aliphatic rings. The number of likely N-dealkylation sites (N-methyl/N-ethyl adjacent to an activating group) is 1. The third-order valence-corrected chi connectivity index (χ3v) is 4.96. The molecule has 1 aromatic rings. The van der Waals surface area contributed by atoms with E-state index in [9.17, 15) is 0 Å². The van der Waals surface area contributed by atoms with Crippen LogP contribution in [-0.4, -0.2) is 56.1 Å². The first-order valence-corrected chi connectivity index (χ1v) is 9.21. The number of aliphatic imine (C=N–C) groups is 1. The predicted molar refractivity (Wildman–Crippen MR) is 101 cm³/mol. The monoisotopic (exact) mass is 331 g/mol. The van der Waals surface area contributed by atoms with Gasteiger partial charge in [-0.2, -0.15) is 0 Å². The number of guanidine groups is 1. The molecular formula is C19H33N5. The standard InChI is InChI=1S/C19H33N5/c1-20-19(22-14-12-17-11-7-8-13-21-17)23-15-18(24(2)3)16-9-5-4-6-10-16/h7-8,11,13,16,18H,4-6,9-10,12,14-15H2,1-3H3,(H2,20,22,23). The molecule has 24 heavy (non-hydrogen) atoms. The van der Waals surface area contributed by atoms with Crippen LogP contribution in [0.15, 0.2) is 29.4 Å². The predicted octanol–water partition coefficient (Wildman–Crippen LogP) is 2.30. The van der Waals surface area contributed by atoms with Crippen LogP contribution in [0.5, 0.6) is 0 Å². The van der Waals surface area contributed by atoms with Crippen molar-refractivity contribution in [3.63, 3.8) is 0 Å². The lowest BCUT2D eigenvalue weighted by atomic mass is 9.83. The maximum Gasteiger partial charge on any atom is 0.191 e. The zero-order valence-electron chi connectivity index (χ0n) is 15.5. The fraction of sp³-hybridized carbons (Fsp3) is 0.684. The lowest BCUT2D eigenvalue weighted by molar-refractivity contribution is 0.171. The zero-order valence-corrected chi connectivity index (χ0v) is 15.5. The summed E-state index contributed by atoms with van der Waals surface area (Å²) in [6.45, 7) is 1.79. The highest BCUT2D eigenvalue weighted by molar-refractivity contribution is 5.79. The summed E-state index contributed by atoms with van der Waals surface area (Å²) in [5.74, 6) is 1.68. The van der Waals surface area contributed by atoms with E-state index in [2.05, 4.69) is 45.7 Å². The summed E-state index contributed by atoms with van der Waals surface area (Å²) in [4.78, 5) is 11.1. The Balaban J connectivity index is 1.76. The lowest BCUT2D eigenvalue weighted by Gasteiger charge is -2.35. The molecule has 0 aromatic carbocycles. The maximum atomic E-state index is 4.35. The molecule has 2 N–H and O–H groups in total. The van der Waals surface area contributed by atoms with Crippen LogP contribution in [0.25, 0.3) is 0 Å². The van der Waals surface area contributed by atoms with Gasteiger partial charge in [0.15, 0.2) is 5.96 Å². The Kier molecular flexibility index (Phi) is 8.02. The van der Waals surface area contributed by atoms with Crippen LogP contribution in [0.2, 0.25) is 0 Å². The molecule has 0 aliphatic heterocycles. The van der Waals surface area contributed by atoms with E-state index in [-0.39, 0.29) is 0 Å². The topological polar surface area (TPSA) is 52.6 Å². The van der Waals surface area contributed by atoms with Crippen molar-refractivity contribution in [3.05, 3.63) is 30.1 Å². The van der Waals surface area contributed by atoms with Crippen LogP contribution in [0, 0.1) is 5.92 Å². The van der Waals surface area contributed by atoms with Crippen LogP contribution in [0.1, 0.15) is 37.8 Å². The normalized spacial score (nSPS) is 17.8. The van der Waals surface area contributed by atoms with Crippen molar-refractivity contribution in [3.8, 4) is 0 Å². The van der Waals surface area contributed by atoms with E-state index >= 15 is 0 Å². The van der Waals surface area contributed by atoms with Gasteiger partial charge in [0.1, 0.15) is 0 Å². The summed E-state index contributed by atoms with van der Waals surface area (Å²) in [5, 5.41) is 6.91. The minimum atomic E-state index is 0.569. The highest BCUT2D eigenvalue weighted by atomic mass is 15.2. The largest absolute Gasteiger partial charge is 0.356 e. The molecule has 1 aromatic heterocycles. The fourth-order valence-electron chi connectivity index (χ4n) is 3.57. The molecule has 5 nitrogen and oxygen atoms in total. The van der Waals surface area contributed by atoms with Crippen LogP contribution in [-0.2, 0) is 6.42 Å². The average Bonchev–Trinajstić information content (AvgIpc) is 2.62. The van der Waals surface area contributed by atoms with Crippen molar-refractivity contribution in [1.29, 1.82) is 0 Å². The van der Waals surface area contributed by atoms with Gasteiger partial charge in [0.2, 0.25) is 0 Å². The molecular weight excluding hydrogens is 298 g/mol. The zero-order chi connectivity index (χ0) is 17.2. The molecule has 0 bridgehead atoms. The SMILES string of the molecule is CN=C(NCCc1ccccn1)NCC(C1CCCCC1)N(C)C. The van der Waals surface area contributed by atoms with Crippen LogP contribution in [0.3, 0.4) is 0 Å². The van der Waals surface area contributed by atoms with E-state index in [0.29, 0.717) is 6.04 Å². The van der Waals surface area contributed by atoms with Gasteiger partial charge in [0.25, 0.3) is 0 Å². The molecule has 1 atom stereocenters. The second kappa shape index (κ2) is 10.3. The van der Waals surface area contributed by atoms with Gasteiger partial charge in [-0.15, -0.1) is 0 Å². The smallest absolute Gasteiger partial charge is 0.191 e. The van der Waals surface area contributed by atoms with Gasteiger partial charge in [-0.05, 0) is 45.0 Å². The Morgan fingerprint density at radius 1 is 1.25 bits per heavy atom. The van der Waals surface area contributed by atoms with Crippen LogP contribution in [0.4, 0.5) is 0 Å². The molecule has 1 aliphatic carbocycles. The molecule has 1 fully saturated rings. The molecule has 0 radical (unpaired) electrons. The third-order valence-electron chi connectivity index (χ3n) is 4.96. The second-order valence-corrected chi connectivity index (χ2v) is 6.88. The van der Waals surface area contributed by atoms with E-state index < -0.39 is 0 Å². The van der Waals surface area contributed by atoms with E-state index in [1.165, 1.54) is 32.1 Å². The molecule has 134 valence electrons. The Labute approximate surface area is 147 Å². The second-order valence-electron chi connectivity index (χ2n) is 6.88. The van der Waals surface area contributed by atoms with Gasteiger partial charge in [0.05, 0.1) is 0 Å². The number of aromatic nitrogens is 1. The molecule has 0 saturated heterocycles. The molecule has 0 spiro atoms. The van der Waals surface area contributed by atoms with Crippen molar-refractivity contribution < 1.29 is 0 Å². The fourth-order valence-corrected chi connectivity index (χ4v) is 3.57. The van der Waals surface area contributed by atoms with Crippen molar-refractivity contribution >= 4 is 5.96 Å². The minimum absolute atomic E-state index is 0.569. The van der Waals surface area contributed by atoms with Crippen LogP contribution >= 0.6 is 0 Å². The van der Waals surface area contributed by atoms with Gasteiger partial charge < -0.3 is 15.5 Å². The summed E-state index contributed by atoms with van der Waals surface area (Å²) in [6.07, 6.45) is 9.63. The highest BCUT2D eigenvalue weighted by Gasteiger charge is 2.25. The summed E-state index contributed by atoms with van der Waals surface area (Å²) < 4.78 is 0. The van der Waals surface area contributed by atoms with Gasteiger partial charge in [0, 0.05) is 44.5 Å². The Bertz CT molecular complexity index is 480. The van der Waals surface area contributed by atoms with E-state index in [0.717, 1.165) is 37.1 Å². The van der Waals surface area contributed by atoms with Crippen LogP contribution < -0.4 is 10.6 Å². The van der Waals surface area contributed by atoms with Crippen molar-refractivity contribution in [2.75, 3.05) is 34.2 Å². The van der Waals surface area contributed by atoms with Crippen molar-refractivity contribution in [1.82, 2.24) is 20.5 Å². The van der Waals surface area contributed by atoms with E-state index in [4.69, 9.17) is 0 Å². The first kappa shape index (κ1) is 18.7. The Morgan fingerprint density at radius 2 is 2.04 bits per heavy atom. The molecule has 1 heterocycles. The molecule has 1 unspecified atom stereocenters. The number of pyridine rings is 1. The first-order chi connectivity index (χ1) is 11.7. The van der Waals surface area contributed by atoms with Crippen molar-refractivity contribution in [2.45, 2.75) is 44.6 Å². The number of rotatable bonds is 7. The van der Waals surface area contributed by atoms with Gasteiger partial charge >= 0.3 is 0 Å². The van der Waals surface area contributed by atoms with Gasteiger partial charge in [-0.3, -0.25) is 9.98 Å².